The lowest BCUT2D eigenvalue weighted by atomic mass is 9.81. The molecule has 1 aromatic carbocycles. The summed E-state index contributed by atoms with van der Waals surface area (Å²) in [5.74, 6) is 1.58. The van der Waals surface area contributed by atoms with Crippen molar-refractivity contribution in [2.75, 3.05) is 38.6 Å². The summed E-state index contributed by atoms with van der Waals surface area (Å²) in [6.07, 6.45) is 2.39. The Kier molecular flexibility index (Phi) is 5.96. The van der Waals surface area contributed by atoms with Gasteiger partial charge in [-0.15, -0.1) is 0 Å². The van der Waals surface area contributed by atoms with Crippen LogP contribution in [0, 0.1) is 5.41 Å². The minimum absolute atomic E-state index is 0.0364. The van der Waals surface area contributed by atoms with Crippen molar-refractivity contribution < 1.29 is 18.5 Å². The first-order valence-corrected chi connectivity index (χ1v) is 10.1. The van der Waals surface area contributed by atoms with Crippen LogP contribution in [0.1, 0.15) is 26.2 Å². The number of ether oxygens (including phenoxy) is 2. The van der Waals surface area contributed by atoms with E-state index in [0.717, 1.165) is 25.9 Å². The minimum Gasteiger partial charge on any atom is -0.486 e. The molecule has 2 aliphatic heterocycles. The van der Waals surface area contributed by atoms with Crippen molar-refractivity contribution >= 4 is 16.7 Å². The fraction of sp³-hybridized carbons (Fsp3) is 0.611. The van der Waals surface area contributed by atoms with E-state index in [9.17, 15) is 9.00 Å². The molecule has 1 atom stereocenters. The Hall–Kier alpha value is -1.60. The highest BCUT2D eigenvalue weighted by Crippen LogP contribution is 2.32. The zero-order chi connectivity index (χ0) is 17.7. The predicted molar refractivity (Wildman–Crippen MR) is 96.5 cm³/mol. The molecule has 2 N–H and O–H groups in total. The van der Waals surface area contributed by atoms with Gasteiger partial charge in [-0.05, 0) is 43.5 Å². The number of nitrogens with one attached hydrogen (secondary N) is 2. The largest absolute Gasteiger partial charge is 0.486 e. The Morgan fingerprint density at radius 2 is 1.96 bits per heavy atom. The normalized spacial score (nSPS) is 19.9. The van der Waals surface area contributed by atoms with E-state index in [2.05, 4.69) is 17.6 Å². The van der Waals surface area contributed by atoms with Crippen molar-refractivity contribution in [3.8, 4) is 11.5 Å². The first-order valence-electron chi connectivity index (χ1n) is 8.81. The van der Waals surface area contributed by atoms with Crippen LogP contribution in [-0.2, 0) is 15.6 Å². The lowest BCUT2D eigenvalue weighted by Gasteiger charge is -2.34. The van der Waals surface area contributed by atoms with E-state index in [1.807, 2.05) is 0 Å². The molecule has 25 heavy (non-hydrogen) atoms. The minimum atomic E-state index is -1.23. The Morgan fingerprint density at radius 1 is 1.24 bits per heavy atom. The number of hydrogen-bond donors (Lipinski definition) is 2. The lowest BCUT2D eigenvalue weighted by molar-refractivity contribution is -0.121. The van der Waals surface area contributed by atoms with Crippen molar-refractivity contribution in [1.29, 1.82) is 0 Å². The van der Waals surface area contributed by atoms with Crippen LogP contribution >= 0.6 is 0 Å². The molecule has 0 spiro atoms. The smallest absolute Gasteiger partial charge is 0.220 e. The maximum absolute atomic E-state index is 12.4. The van der Waals surface area contributed by atoms with Crippen LogP contribution in [0.15, 0.2) is 23.1 Å². The van der Waals surface area contributed by atoms with Crippen LogP contribution in [0.3, 0.4) is 0 Å². The zero-order valence-corrected chi connectivity index (χ0v) is 15.5. The summed E-state index contributed by atoms with van der Waals surface area (Å²) in [6.45, 7) is 5.93. The number of fused-ring (bicyclic) bond motifs is 1. The van der Waals surface area contributed by atoms with Gasteiger partial charge >= 0.3 is 0 Å². The number of carbonyl (C=O) groups excluding carboxylic acids is 1. The second-order valence-corrected chi connectivity index (χ2v) is 8.51. The highest BCUT2D eigenvalue weighted by atomic mass is 32.2. The molecule has 6 nitrogen and oxygen atoms in total. The van der Waals surface area contributed by atoms with E-state index in [1.54, 1.807) is 18.2 Å². The molecule has 0 saturated carbocycles. The zero-order valence-electron chi connectivity index (χ0n) is 14.6. The molecule has 1 saturated heterocycles. The molecule has 0 aliphatic carbocycles. The fourth-order valence-electron chi connectivity index (χ4n) is 3.08. The second-order valence-electron chi connectivity index (χ2n) is 6.94. The fourth-order valence-corrected chi connectivity index (χ4v) is 4.14. The monoisotopic (exact) mass is 366 g/mol. The molecule has 7 heteroatoms. The van der Waals surface area contributed by atoms with Gasteiger partial charge < -0.3 is 20.1 Å². The SMILES string of the molecule is CC1(CNC(=O)CCS(=O)c2ccc3c(c2)OCCO3)CCNCC1. The van der Waals surface area contributed by atoms with Gasteiger partial charge in [-0.2, -0.15) is 0 Å². The maximum Gasteiger partial charge on any atom is 0.220 e. The van der Waals surface area contributed by atoms with Crippen LogP contribution in [0.2, 0.25) is 0 Å². The molecule has 1 aromatic rings. The summed E-state index contributed by atoms with van der Waals surface area (Å²) in [6, 6.07) is 5.30. The number of hydrogen-bond acceptors (Lipinski definition) is 5. The predicted octanol–water partition coefficient (Wildman–Crippen LogP) is 1.46. The molecule has 2 heterocycles. The van der Waals surface area contributed by atoms with Crippen molar-refractivity contribution in [1.82, 2.24) is 10.6 Å². The van der Waals surface area contributed by atoms with E-state index in [-0.39, 0.29) is 17.7 Å². The van der Waals surface area contributed by atoms with Crippen LogP contribution in [0.25, 0.3) is 0 Å². The Labute approximate surface area is 151 Å². The number of carbonyl (C=O) groups is 1. The molecule has 1 amide bonds. The standard InChI is InChI=1S/C18H26N2O4S/c1-18(5-7-19-8-6-18)13-20-17(21)4-11-25(22)14-2-3-15-16(12-14)24-10-9-23-15/h2-3,12,19H,4-11,13H2,1H3,(H,20,21). The molecule has 3 rings (SSSR count). The molecule has 1 unspecified atom stereocenters. The van der Waals surface area contributed by atoms with Gasteiger partial charge in [-0.1, -0.05) is 6.92 Å². The summed E-state index contributed by atoms with van der Waals surface area (Å²) in [4.78, 5) is 12.8. The van der Waals surface area contributed by atoms with Crippen LogP contribution in [-0.4, -0.2) is 48.7 Å². The first kappa shape index (κ1) is 18.2. The van der Waals surface area contributed by atoms with Gasteiger partial charge in [-0.3, -0.25) is 9.00 Å². The number of benzene rings is 1. The van der Waals surface area contributed by atoms with Crippen LogP contribution < -0.4 is 20.1 Å². The topological polar surface area (TPSA) is 76.7 Å². The average molecular weight is 366 g/mol. The average Bonchev–Trinajstić information content (AvgIpc) is 2.64. The summed E-state index contributed by atoms with van der Waals surface area (Å²) in [5.41, 5.74) is 0.163. The second kappa shape index (κ2) is 8.19. The van der Waals surface area contributed by atoms with E-state index in [0.29, 0.717) is 41.9 Å². The maximum atomic E-state index is 12.4. The first-order chi connectivity index (χ1) is 12.1. The van der Waals surface area contributed by atoms with Crippen molar-refractivity contribution in [2.24, 2.45) is 5.41 Å². The van der Waals surface area contributed by atoms with Gasteiger partial charge in [0, 0.05) is 29.7 Å². The van der Waals surface area contributed by atoms with Gasteiger partial charge in [0.2, 0.25) is 5.91 Å². The molecule has 1 fully saturated rings. The van der Waals surface area contributed by atoms with Crippen molar-refractivity contribution in [3.63, 3.8) is 0 Å². The van der Waals surface area contributed by atoms with Crippen LogP contribution in [0.5, 0.6) is 11.5 Å². The third kappa shape index (κ3) is 4.95. The highest BCUT2D eigenvalue weighted by Gasteiger charge is 2.27. The van der Waals surface area contributed by atoms with E-state index in [1.165, 1.54) is 0 Å². The molecule has 2 aliphatic rings. The number of amides is 1. The summed E-state index contributed by atoms with van der Waals surface area (Å²) < 4.78 is 23.4. The summed E-state index contributed by atoms with van der Waals surface area (Å²) in [7, 11) is -1.23. The lowest BCUT2D eigenvalue weighted by Crippen LogP contribution is -2.43. The summed E-state index contributed by atoms with van der Waals surface area (Å²) >= 11 is 0. The Morgan fingerprint density at radius 3 is 2.72 bits per heavy atom. The van der Waals surface area contributed by atoms with Gasteiger partial charge in [0.25, 0.3) is 0 Å². The summed E-state index contributed by atoms with van der Waals surface area (Å²) in [5, 5.41) is 6.34. The van der Waals surface area contributed by atoms with E-state index >= 15 is 0 Å². The Balaban J connectivity index is 1.46. The van der Waals surface area contributed by atoms with E-state index in [4.69, 9.17) is 9.47 Å². The van der Waals surface area contributed by atoms with Gasteiger partial charge in [0.15, 0.2) is 11.5 Å². The molecule has 0 bridgehead atoms. The quantitative estimate of drug-likeness (QED) is 0.797. The van der Waals surface area contributed by atoms with Crippen molar-refractivity contribution in [3.05, 3.63) is 18.2 Å². The number of piperidine rings is 1. The molecular formula is C18H26N2O4S. The van der Waals surface area contributed by atoms with Gasteiger partial charge in [-0.25, -0.2) is 0 Å². The highest BCUT2D eigenvalue weighted by molar-refractivity contribution is 7.85. The van der Waals surface area contributed by atoms with E-state index < -0.39 is 10.8 Å². The third-order valence-corrected chi connectivity index (χ3v) is 6.17. The molecular weight excluding hydrogens is 340 g/mol. The molecule has 0 radical (unpaired) electrons. The van der Waals surface area contributed by atoms with Gasteiger partial charge in [0.1, 0.15) is 13.2 Å². The third-order valence-electron chi connectivity index (χ3n) is 4.81. The molecule has 138 valence electrons. The molecule has 0 aromatic heterocycles. The van der Waals surface area contributed by atoms with Crippen molar-refractivity contribution in [2.45, 2.75) is 31.1 Å². The Bertz CT molecular complexity index is 644. The van der Waals surface area contributed by atoms with Gasteiger partial charge in [0.05, 0.1) is 10.8 Å². The number of rotatable bonds is 6. The van der Waals surface area contributed by atoms with Crippen LogP contribution in [0.4, 0.5) is 0 Å².